The Morgan fingerprint density at radius 3 is 1.25 bits per heavy atom. The lowest BCUT2D eigenvalue weighted by atomic mass is 9.68. The van der Waals surface area contributed by atoms with E-state index < -0.39 is 0 Å². The SMILES string of the molecule is C=C(C)/C=C\C1=C2C=C(C)C=CC2/C1=C\c1c(-c2ccccc2)cc(-c2ccc(-c3cc(-c4ccccc4)c(C=C(c4ccc(C)cc4)c4ccc(C)cc4)c(-c4ccccc4)c3)c3ccccc23)cc1-c1ccccc1. The van der Waals surface area contributed by atoms with Crippen LogP contribution in [0, 0.1) is 19.8 Å². The quantitative estimate of drug-likeness (QED) is 0.0845. The number of hydrogen-bond donors (Lipinski definition) is 0. The molecule has 0 N–H and O–H groups in total. The molecule has 0 bridgehead atoms. The van der Waals surface area contributed by atoms with Crippen LogP contribution in [0.2, 0.25) is 0 Å². The maximum absolute atomic E-state index is 4.21. The first-order valence-electron chi connectivity index (χ1n) is 26.9. The summed E-state index contributed by atoms with van der Waals surface area (Å²) in [6.07, 6.45) is 16.3. The van der Waals surface area contributed by atoms with Gasteiger partial charge >= 0.3 is 0 Å². The first kappa shape index (κ1) is 48.6. The van der Waals surface area contributed by atoms with Crippen molar-refractivity contribution in [3.8, 4) is 66.8 Å². The van der Waals surface area contributed by atoms with E-state index in [-0.39, 0.29) is 5.92 Å². The predicted molar refractivity (Wildman–Crippen MR) is 331 cm³/mol. The summed E-state index contributed by atoms with van der Waals surface area (Å²) in [6.45, 7) is 12.8. The Labute approximate surface area is 455 Å². The molecule has 1 atom stereocenters. The van der Waals surface area contributed by atoms with Gasteiger partial charge in [-0.15, -0.1) is 0 Å². The summed E-state index contributed by atoms with van der Waals surface area (Å²) in [5.74, 6) is 0.227. The van der Waals surface area contributed by atoms with E-state index in [1.165, 1.54) is 133 Å². The Morgan fingerprint density at radius 1 is 0.429 bits per heavy atom. The third-order valence-corrected chi connectivity index (χ3v) is 15.3. The van der Waals surface area contributed by atoms with Crippen LogP contribution >= 0.6 is 0 Å². The van der Waals surface area contributed by atoms with Crippen molar-refractivity contribution < 1.29 is 0 Å². The van der Waals surface area contributed by atoms with Crippen molar-refractivity contribution in [3.05, 3.63) is 329 Å². The lowest BCUT2D eigenvalue weighted by Gasteiger charge is -2.35. The predicted octanol–water partition coefficient (Wildman–Crippen LogP) is 21.0. The number of allylic oxidation sites excluding steroid dienone is 10. The van der Waals surface area contributed by atoms with Crippen LogP contribution in [0.1, 0.15) is 47.2 Å². The van der Waals surface area contributed by atoms with Crippen molar-refractivity contribution in [3.63, 3.8) is 0 Å². The second-order valence-electron chi connectivity index (χ2n) is 20.8. The molecule has 77 heavy (non-hydrogen) atoms. The van der Waals surface area contributed by atoms with Gasteiger partial charge in [-0.1, -0.05) is 265 Å². The molecule has 0 amide bonds. The zero-order chi connectivity index (χ0) is 52.4. The van der Waals surface area contributed by atoms with Gasteiger partial charge in [-0.05, 0) is 186 Å². The molecule has 0 saturated heterocycles. The fourth-order valence-electron chi connectivity index (χ4n) is 11.3. The summed E-state index contributed by atoms with van der Waals surface area (Å²) in [7, 11) is 0. The number of aryl methyl sites for hydroxylation is 2. The summed E-state index contributed by atoms with van der Waals surface area (Å²) in [4.78, 5) is 0. The average Bonchev–Trinajstić information content (AvgIpc) is 3.48. The van der Waals surface area contributed by atoms with Crippen LogP contribution < -0.4 is 0 Å². The maximum Gasteiger partial charge on any atom is 0.0285 e. The van der Waals surface area contributed by atoms with Gasteiger partial charge < -0.3 is 0 Å². The van der Waals surface area contributed by atoms with E-state index in [4.69, 9.17) is 0 Å². The molecule has 0 aromatic heterocycles. The molecule has 368 valence electrons. The third kappa shape index (κ3) is 9.79. The monoisotopic (exact) mass is 984 g/mol. The summed E-state index contributed by atoms with van der Waals surface area (Å²) in [5.41, 5.74) is 28.9. The molecular weight excluding hydrogens is 925 g/mol. The molecule has 0 radical (unpaired) electrons. The molecular formula is C77H60. The maximum atomic E-state index is 4.21. The van der Waals surface area contributed by atoms with Crippen molar-refractivity contribution in [1.82, 2.24) is 0 Å². The third-order valence-electron chi connectivity index (χ3n) is 15.3. The van der Waals surface area contributed by atoms with E-state index in [0.717, 1.165) is 11.1 Å². The molecule has 0 nitrogen and oxygen atoms in total. The lowest BCUT2D eigenvalue weighted by molar-refractivity contribution is 0.845. The Kier molecular flexibility index (Phi) is 13.3. The average molecular weight is 985 g/mol. The van der Waals surface area contributed by atoms with Crippen molar-refractivity contribution in [2.45, 2.75) is 27.7 Å². The van der Waals surface area contributed by atoms with E-state index in [1.807, 2.05) is 0 Å². The van der Waals surface area contributed by atoms with Gasteiger partial charge in [0.05, 0.1) is 0 Å². The largest absolute Gasteiger partial charge is 0.0961 e. The summed E-state index contributed by atoms with van der Waals surface area (Å²) >= 11 is 0. The van der Waals surface area contributed by atoms with Crippen LogP contribution in [0.5, 0.6) is 0 Å². The molecule has 10 aromatic carbocycles. The van der Waals surface area contributed by atoms with Crippen LogP contribution in [0.3, 0.4) is 0 Å². The van der Waals surface area contributed by atoms with Gasteiger partial charge in [-0.3, -0.25) is 0 Å². The van der Waals surface area contributed by atoms with E-state index >= 15 is 0 Å². The molecule has 2 aliphatic carbocycles. The van der Waals surface area contributed by atoms with E-state index in [9.17, 15) is 0 Å². The van der Waals surface area contributed by atoms with Crippen LogP contribution in [0.4, 0.5) is 0 Å². The van der Waals surface area contributed by atoms with Crippen molar-refractivity contribution >= 4 is 28.5 Å². The van der Waals surface area contributed by atoms with Gasteiger partial charge in [-0.2, -0.15) is 0 Å². The van der Waals surface area contributed by atoms with Gasteiger partial charge in [0.2, 0.25) is 0 Å². The number of hydrogen-bond acceptors (Lipinski definition) is 0. The number of fused-ring (bicyclic) bond motifs is 2. The second kappa shape index (κ2) is 21.1. The molecule has 2 aliphatic rings. The minimum absolute atomic E-state index is 0.227. The van der Waals surface area contributed by atoms with Gasteiger partial charge in [-0.25, -0.2) is 0 Å². The zero-order valence-corrected chi connectivity index (χ0v) is 44.3. The van der Waals surface area contributed by atoms with Gasteiger partial charge in [0.15, 0.2) is 0 Å². The van der Waals surface area contributed by atoms with E-state index in [2.05, 4.69) is 307 Å². The first-order chi connectivity index (χ1) is 37.7. The van der Waals surface area contributed by atoms with Crippen LogP contribution in [0.15, 0.2) is 295 Å². The molecule has 1 unspecified atom stereocenters. The topological polar surface area (TPSA) is 0 Å². The molecule has 0 spiro atoms. The van der Waals surface area contributed by atoms with Crippen molar-refractivity contribution in [2.75, 3.05) is 0 Å². The Hall–Kier alpha value is -9.36. The summed E-state index contributed by atoms with van der Waals surface area (Å²) in [5, 5.41) is 2.41. The fraction of sp³-hybridized carbons (Fsp3) is 0.0649. The Balaban J connectivity index is 1.08. The minimum Gasteiger partial charge on any atom is -0.0961 e. The van der Waals surface area contributed by atoms with Gasteiger partial charge in [0, 0.05) is 5.92 Å². The molecule has 0 aliphatic heterocycles. The highest BCUT2D eigenvalue weighted by molar-refractivity contribution is 6.08. The second-order valence-corrected chi connectivity index (χ2v) is 20.8. The first-order valence-corrected chi connectivity index (χ1v) is 26.9. The highest BCUT2D eigenvalue weighted by Gasteiger charge is 2.33. The standard InChI is InChI=1S/C77H60/c1-51(2)30-40-67-74-44-54(5)35-41-68(74)75(67)50-77-72(57-24-14-8-15-25-57)47-62(48-73(77)58-26-16-9-17-27-58)64-43-42-63(65-28-18-19-29-66(64)65)61-45-70(55-20-10-6-11-21-55)76(71(46-61)56-22-12-7-13-23-56)49-69(59-36-31-52(3)32-37-59)60-38-33-53(4)34-39-60/h6-50,68H,1H2,2-5H3/b40-30-,75-50-. The molecule has 0 heterocycles. The summed E-state index contributed by atoms with van der Waals surface area (Å²) in [6, 6.07) is 85.1. The van der Waals surface area contributed by atoms with Crippen molar-refractivity contribution in [1.29, 1.82) is 0 Å². The van der Waals surface area contributed by atoms with E-state index in [0.29, 0.717) is 0 Å². The highest BCUT2D eigenvalue weighted by atomic mass is 14.4. The van der Waals surface area contributed by atoms with Crippen molar-refractivity contribution in [2.24, 2.45) is 5.92 Å². The van der Waals surface area contributed by atoms with Crippen LogP contribution in [-0.2, 0) is 0 Å². The molecule has 0 saturated carbocycles. The lowest BCUT2D eigenvalue weighted by Crippen LogP contribution is -2.20. The Bertz CT molecular complexity index is 3890. The summed E-state index contributed by atoms with van der Waals surface area (Å²) < 4.78 is 0. The highest BCUT2D eigenvalue weighted by Crippen LogP contribution is 2.50. The van der Waals surface area contributed by atoms with Crippen LogP contribution in [0.25, 0.3) is 95.3 Å². The smallest absolute Gasteiger partial charge is 0.0285 e. The fourth-order valence-corrected chi connectivity index (χ4v) is 11.3. The molecule has 12 rings (SSSR count). The van der Waals surface area contributed by atoms with Gasteiger partial charge in [0.1, 0.15) is 0 Å². The number of benzene rings is 10. The number of rotatable bonds is 12. The minimum atomic E-state index is 0.227. The van der Waals surface area contributed by atoms with Gasteiger partial charge in [0.25, 0.3) is 0 Å². The molecule has 0 fully saturated rings. The van der Waals surface area contributed by atoms with Crippen LogP contribution in [-0.4, -0.2) is 0 Å². The Morgan fingerprint density at radius 2 is 0.831 bits per heavy atom. The zero-order valence-electron chi connectivity index (χ0n) is 44.3. The molecule has 0 heteroatoms. The normalized spacial score (nSPS) is 14.4. The molecule has 10 aromatic rings. The van der Waals surface area contributed by atoms with E-state index in [1.54, 1.807) is 0 Å².